The van der Waals surface area contributed by atoms with Crippen molar-refractivity contribution in [1.29, 1.82) is 0 Å². The molecule has 1 N–H and O–H groups in total. The first kappa shape index (κ1) is 19.3. The fraction of sp³-hybridized carbons (Fsp3) is 0.444. The van der Waals surface area contributed by atoms with Crippen molar-refractivity contribution >= 4 is 23.5 Å². The number of likely N-dealkylation sites (tertiary alicyclic amines) is 1. The van der Waals surface area contributed by atoms with E-state index < -0.39 is 11.6 Å². The fourth-order valence-electron chi connectivity index (χ4n) is 3.18. The summed E-state index contributed by atoms with van der Waals surface area (Å²) in [6.45, 7) is 1.45. The van der Waals surface area contributed by atoms with Gasteiger partial charge in [0.25, 0.3) is 5.91 Å². The van der Waals surface area contributed by atoms with Gasteiger partial charge in [0.05, 0.1) is 17.9 Å². The summed E-state index contributed by atoms with van der Waals surface area (Å²) in [7, 11) is 0. The maximum absolute atomic E-state index is 13.2. The predicted molar refractivity (Wildman–Crippen MR) is 96.0 cm³/mol. The Morgan fingerprint density at radius 2 is 2.15 bits per heavy atom. The lowest BCUT2D eigenvalue weighted by molar-refractivity contribution is -0.121. The van der Waals surface area contributed by atoms with E-state index in [0.29, 0.717) is 37.2 Å². The van der Waals surface area contributed by atoms with Gasteiger partial charge in [-0.25, -0.2) is 8.78 Å². The van der Waals surface area contributed by atoms with Crippen LogP contribution in [0.15, 0.2) is 24.4 Å². The van der Waals surface area contributed by atoms with Crippen molar-refractivity contribution < 1.29 is 18.4 Å². The number of amides is 2. The molecule has 27 heavy (non-hydrogen) atoms. The van der Waals surface area contributed by atoms with Crippen LogP contribution in [0.5, 0.6) is 0 Å². The van der Waals surface area contributed by atoms with Crippen molar-refractivity contribution in [3.63, 3.8) is 0 Å². The summed E-state index contributed by atoms with van der Waals surface area (Å²) >= 11 is 1.01. The smallest absolute Gasteiger partial charge is 0.275 e. The molecule has 1 fully saturated rings. The number of hydrogen-bond donors (Lipinski definition) is 1. The Kier molecular flexibility index (Phi) is 6.44. The molecule has 9 heteroatoms. The highest BCUT2D eigenvalue weighted by Gasteiger charge is 2.26. The lowest BCUT2D eigenvalue weighted by atomic mass is 9.93. The Bertz CT molecular complexity index is 801. The van der Waals surface area contributed by atoms with Crippen molar-refractivity contribution in [2.24, 2.45) is 5.92 Å². The summed E-state index contributed by atoms with van der Waals surface area (Å²) in [6.07, 6.45) is 4.33. The first-order valence-corrected chi connectivity index (χ1v) is 9.53. The minimum absolute atomic E-state index is 0.115. The van der Waals surface area contributed by atoms with Gasteiger partial charge in [-0.05, 0) is 42.9 Å². The number of aromatic nitrogens is 2. The maximum atomic E-state index is 13.2. The van der Waals surface area contributed by atoms with Crippen molar-refractivity contribution in [2.45, 2.75) is 32.2 Å². The van der Waals surface area contributed by atoms with Crippen molar-refractivity contribution in [1.82, 2.24) is 19.0 Å². The fourth-order valence-corrected chi connectivity index (χ4v) is 3.59. The Morgan fingerprint density at radius 3 is 2.89 bits per heavy atom. The normalized spacial score (nSPS) is 17.0. The Hall–Kier alpha value is -2.42. The van der Waals surface area contributed by atoms with E-state index in [0.717, 1.165) is 36.7 Å². The number of hydrogen-bond acceptors (Lipinski definition) is 5. The van der Waals surface area contributed by atoms with E-state index >= 15 is 0 Å². The van der Waals surface area contributed by atoms with Crippen LogP contribution in [-0.4, -0.2) is 38.6 Å². The monoisotopic (exact) mass is 394 g/mol. The molecule has 2 aromatic rings. The van der Waals surface area contributed by atoms with Crippen LogP contribution in [0.25, 0.3) is 0 Å². The van der Waals surface area contributed by atoms with E-state index in [4.69, 9.17) is 0 Å². The molecule has 0 spiro atoms. The standard InChI is InChI=1S/C18H20F2N4O2S/c19-14-5-3-13(8-15(14)20)9-21-17(25)6-4-12-2-1-7-24(11-12)18(26)16-10-22-27-23-16/h3,5,8,10,12H,1-2,4,6-7,9,11H2,(H,21,25)/t12-/m1/s1. The second-order valence-corrected chi connectivity index (χ2v) is 7.17. The van der Waals surface area contributed by atoms with E-state index in [-0.39, 0.29) is 24.3 Å². The van der Waals surface area contributed by atoms with Crippen molar-refractivity contribution in [2.75, 3.05) is 13.1 Å². The van der Waals surface area contributed by atoms with Gasteiger partial charge in [-0.1, -0.05) is 6.07 Å². The van der Waals surface area contributed by atoms with Gasteiger partial charge >= 0.3 is 0 Å². The summed E-state index contributed by atoms with van der Waals surface area (Å²) in [5.41, 5.74) is 0.874. The summed E-state index contributed by atoms with van der Waals surface area (Å²) in [5, 5.41) is 2.72. The molecular weight excluding hydrogens is 374 g/mol. The molecule has 6 nitrogen and oxygen atoms in total. The molecule has 0 saturated carbocycles. The minimum atomic E-state index is -0.927. The molecule has 1 aliphatic rings. The Balaban J connectivity index is 1.43. The van der Waals surface area contributed by atoms with Crippen LogP contribution in [-0.2, 0) is 11.3 Å². The maximum Gasteiger partial charge on any atom is 0.275 e. The molecular formula is C18H20F2N4O2S. The largest absolute Gasteiger partial charge is 0.352 e. The van der Waals surface area contributed by atoms with Crippen LogP contribution in [0, 0.1) is 17.6 Å². The van der Waals surface area contributed by atoms with Gasteiger partial charge in [-0.2, -0.15) is 8.75 Å². The molecule has 0 aliphatic carbocycles. The molecule has 1 aromatic carbocycles. The zero-order valence-electron chi connectivity index (χ0n) is 14.7. The van der Waals surface area contributed by atoms with E-state index in [2.05, 4.69) is 14.1 Å². The third-order valence-corrected chi connectivity index (χ3v) is 5.12. The highest BCUT2D eigenvalue weighted by molar-refractivity contribution is 6.99. The van der Waals surface area contributed by atoms with Crippen LogP contribution in [0.3, 0.4) is 0 Å². The lowest BCUT2D eigenvalue weighted by Gasteiger charge is -2.32. The van der Waals surface area contributed by atoms with Gasteiger partial charge < -0.3 is 10.2 Å². The number of benzene rings is 1. The SMILES string of the molecule is O=C(CC[C@H]1CCCN(C(=O)c2cnsn2)C1)NCc1ccc(F)c(F)c1. The van der Waals surface area contributed by atoms with Gasteiger partial charge in [0.1, 0.15) is 0 Å². The highest BCUT2D eigenvalue weighted by atomic mass is 32.1. The summed E-state index contributed by atoms with van der Waals surface area (Å²) < 4.78 is 33.9. The summed E-state index contributed by atoms with van der Waals surface area (Å²) in [6, 6.07) is 3.56. The van der Waals surface area contributed by atoms with Gasteiger partial charge in [-0.15, -0.1) is 0 Å². The molecule has 1 aromatic heterocycles. The molecule has 1 aliphatic heterocycles. The number of piperidine rings is 1. The quantitative estimate of drug-likeness (QED) is 0.818. The van der Waals surface area contributed by atoms with E-state index in [1.54, 1.807) is 4.90 Å². The predicted octanol–water partition coefficient (Wildman–Crippen LogP) is 2.77. The minimum Gasteiger partial charge on any atom is -0.352 e. The number of nitrogens with one attached hydrogen (secondary N) is 1. The Labute approximate surface area is 159 Å². The number of nitrogens with zero attached hydrogens (tertiary/aromatic N) is 3. The first-order chi connectivity index (χ1) is 13.0. The molecule has 3 rings (SSSR count). The average Bonchev–Trinajstić information content (AvgIpc) is 3.21. The molecule has 144 valence electrons. The zero-order valence-corrected chi connectivity index (χ0v) is 15.5. The molecule has 1 atom stereocenters. The second-order valence-electron chi connectivity index (χ2n) is 6.62. The van der Waals surface area contributed by atoms with Crippen molar-refractivity contribution in [3.8, 4) is 0 Å². The highest BCUT2D eigenvalue weighted by Crippen LogP contribution is 2.22. The number of halogens is 2. The average molecular weight is 394 g/mol. The summed E-state index contributed by atoms with van der Waals surface area (Å²) in [4.78, 5) is 26.2. The third-order valence-electron chi connectivity index (χ3n) is 4.64. The zero-order chi connectivity index (χ0) is 19.2. The molecule has 1 saturated heterocycles. The lowest BCUT2D eigenvalue weighted by Crippen LogP contribution is -2.40. The van der Waals surface area contributed by atoms with Crippen LogP contribution in [0.1, 0.15) is 41.7 Å². The topological polar surface area (TPSA) is 75.2 Å². The van der Waals surface area contributed by atoms with Gasteiger partial charge in [0, 0.05) is 26.1 Å². The molecule has 0 bridgehead atoms. The van der Waals surface area contributed by atoms with Gasteiger partial charge in [-0.3, -0.25) is 9.59 Å². The van der Waals surface area contributed by atoms with Gasteiger partial charge in [0.2, 0.25) is 5.91 Å². The molecule has 0 unspecified atom stereocenters. The molecule has 0 radical (unpaired) electrons. The van der Waals surface area contributed by atoms with Crippen LogP contribution in [0.2, 0.25) is 0 Å². The van der Waals surface area contributed by atoms with E-state index in [1.807, 2.05) is 0 Å². The second kappa shape index (κ2) is 8.98. The number of rotatable bonds is 6. The summed E-state index contributed by atoms with van der Waals surface area (Å²) in [5.74, 6) is -1.84. The Morgan fingerprint density at radius 1 is 1.30 bits per heavy atom. The van der Waals surface area contributed by atoms with Crippen LogP contribution >= 0.6 is 11.7 Å². The molecule has 2 heterocycles. The third kappa shape index (κ3) is 5.29. The van der Waals surface area contributed by atoms with Crippen LogP contribution < -0.4 is 5.32 Å². The van der Waals surface area contributed by atoms with Crippen molar-refractivity contribution in [3.05, 3.63) is 47.3 Å². The van der Waals surface area contributed by atoms with E-state index in [9.17, 15) is 18.4 Å². The van der Waals surface area contributed by atoms with Crippen LogP contribution in [0.4, 0.5) is 8.78 Å². The van der Waals surface area contributed by atoms with Gasteiger partial charge in [0.15, 0.2) is 17.3 Å². The number of carbonyl (C=O) groups excluding carboxylic acids is 2. The first-order valence-electron chi connectivity index (χ1n) is 8.80. The van der Waals surface area contributed by atoms with E-state index in [1.165, 1.54) is 12.3 Å². The molecule has 2 amide bonds. The number of carbonyl (C=O) groups is 2.